The lowest BCUT2D eigenvalue weighted by Crippen LogP contribution is -2.57. The van der Waals surface area contributed by atoms with Crippen LogP contribution in [0.4, 0.5) is 4.79 Å². The number of ether oxygens (including phenoxy) is 2. The molecule has 11 heteroatoms. The molecule has 4 aromatic rings. The van der Waals surface area contributed by atoms with Gasteiger partial charge in [0.05, 0.1) is 12.6 Å². The van der Waals surface area contributed by atoms with Gasteiger partial charge in [0.25, 0.3) is 5.91 Å². The number of hydrogen-bond acceptors (Lipinski definition) is 8. The second kappa shape index (κ2) is 17.8. The van der Waals surface area contributed by atoms with Gasteiger partial charge in [0.2, 0.25) is 12.1 Å². The quantitative estimate of drug-likeness (QED) is 0.131. The van der Waals surface area contributed by atoms with Crippen molar-refractivity contribution in [2.75, 3.05) is 6.61 Å². The highest BCUT2D eigenvalue weighted by atomic mass is 32.1. The summed E-state index contributed by atoms with van der Waals surface area (Å²) in [4.78, 5) is 44.5. The zero-order chi connectivity index (χ0) is 32.7. The Morgan fingerprint density at radius 1 is 0.783 bits per heavy atom. The van der Waals surface area contributed by atoms with Gasteiger partial charge in [-0.2, -0.15) is 0 Å². The van der Waals surface area contributed by atoms with Crippen LogP contribution >= 0.6 is 11.3 Å². The third-order valence-corrected chi connectivity index (χ3v) is 7.77. The van der Waals surface area contributed by atoms with Crippen LogP contribution in [0.2, 0.25) is 0 Å². The molecule has 0 saturated carbocycles. The Morgan fingerprint density at radius 2 is 1.37 bits per heavy atom. The van der Waals surface area contributed by atoms with E-state index in [0.29, 0.717) is 11.4 Å². The molecule has 0 saturated heterocycles. The number of aliphatic hydroxyl groups excluding tert-OH is 1. The molecule has 0 spiro atoms. The molecule has 0 radical (unpaired) electrons. The molecule has 242 valence electrons. The SMILES string of the molecule is CC(C)CO[C@H](NC(=O)[C@H](Cc1ccccc1)NC(=O)OCc1ccccc1)C(=O)NC(Cc1ccccc1)[C@@H](O)c1nccs1. The molecule has 0 aliphatic heterocycles. The molecule has 0 fully saturated rings. The molecule has 46 heavy (non-hydrogen) atoms. The summed E-state index contributed by atoms with van der Waals surface area (Å²) in [6, 6.07) is 26.0. The van der Waals surface area contributed by atoms with Crippen molar-refractivity contribution < 1.29 is 29.0 Å². The smallest absolute Gasteiger partial charge is 0.408 e. The number of benzene rings is 3. The van der Waals surface area contributed by atoms with Crippen LogP contribution in [-0.2, 0) is 38.5 Å². The lowest BCUT2D eigenvalue weighted by molar-refractivity contribution is -0.143. The molecule has 4 atom stereocenters. The topological polar surface area (TPSA) is 139 Å². The summed E-state index contributed by atoms with van der Waals surface area (Å²) in [5.41, 5.74) is 2.49. The minimum Gasteiger partial charge on any atom is -0.445 e. The van der Waals surface area contributed by atoms with Crippen LogP contribution in [0.5, 0.6) is 0 Å². The van der Waals surface area contributed by atoms with Crippen LogP contribution in [-0.4, -0.2) is 52.9 Å². The lowest BCUT2D eigenvalue weighted by atomic mass is 10.0. The van der Waals surface area contributed by atoms with E-state index in [1.165, 1.54) is 11.3 Å². The second-order valence-electron chi connectivity index (χ2n) is 11.2. The van der Waals surface area contributed by atoms with Gasteiger partial charge in [-0.25, -0.2) is 9.78 Å². The number of carbonyl (C=O) groups excluding carboxylic acids is 3. The highest BCUT2D eigenvalue weighted by molar-refractivity contribution is 7.09. The number of hydrogen-bond donors (Lipinski definition) is 4. The summed E-state index contributed by atoms with van der Waals surface area (Å²) in [6.07, 6.45) is -1.24. The Kier molecular flexibility index (Phi) is 13.3. The summed E-state index contributed by atoms with van der Waals surface area (Å²) >= 11 is 1.28. The van der Waals surface area contributed by atoms with E-state index in [9.17, 15) is 19.5 Å². The summed E-state index contributed by atoms with van der Waals surface area (Å²) in [5, 5.41) is 21.6. The van der Waals surface area contributed by atoms with Crippen molar-refractivity contribution in [1.82, 2.24) is 20.9 Å². The summed E-state index contributed by atoms with van der Waals surface area (Å²) in [7, 11) is 0. The average molecular weight is 645 g/mol. The van der Waals surface area contributed by atoms with Gasteiger partial charge in [-0.1, -0.05) is 105 Å². The van der Waals surface area contributed by atoms with Crippen LogP contribution < -0.4 is 16.0 Å². The molecule has 10 nitrogen and oxygen atoms in total. The highest BCUT2D eigenvalue weighted by Gasteiger charge is 2.32. The second-order valence-corrected chi connectivity index (χ2v) is 12.1. The van der Waals surface area contributed by atoms with Crippen molar-refractivity contribution in [3.8, 4) is 0 Å². The van der Waals surface area contributed by atoms with Crippen LogP contribution in [0, 0.1) is 5.92 Å². The number of aromatic nitrogens is 1. The minimum atomic E-state index is -1.41. The van der Waals surface area contributed by atoms with Crippen LogP contribution in [0.15, 0.2) is 103 Å². The van der Waals surface area contributed by atoms with Crippen molar-refractivity contribution in [3.63, 3.8) is 0 Å². The summed E-state index contributed by atoms with van der Waals surface area (Å²) < 4.78 is 11.3. The van der Waals surface area contributed by atoms with Gasteiger partial charge in [0.1, 0.15) is 23.8 Å². The summed E-state index contributed by atoms with van der Waals surface area (Å²) in [5.74, 6) is -1.22. The molecule has 1 unspecified atom stereocenters. The van der Waals surface area contributed by atoms with Crippen molar-refractivity contribution in [3.05, 3.63) is 124 Å². The number of nitrogens with zero attached hydrogens (tertiary/aromatic N) is 1. The fourth-order valence-electron chi connectivity index (χ4n) is 4.59. The Morgan fingerprint density at radius 3 is 1.93 bits per heavy atom. The van der Waals surface area contributed by atoms with E-state index >= 15 is 0 Å². The molecule has 4 rings (SSSR count). The molecule has 0 aliphatic carbocycles. The maximum absolute atomic E-state index is 13.7. The monoisotopic (exact) mass is 644 g/mol. The first-order valence-electron chi connectivity index (χ1n) is 15.1. The maximum atomic E-state index is 13.7. The molecular formula is C35H40N4O6S. The van der Waals surface area contributed by atoms with Gasteiger partial charge in [0.15, 0.2) is 0 Å². The number of alkyl carbamates (subject to hydrolysis) is 1. The Hall–Kier alpha value is -4.58. The van der Waals surface area contributed by atoms with Crippen molar-refractivity contribution in [1.29, 1.82) is 0 Å². The molecule has 1 heterocycles. The Labute approximate surface area is 273 Å². The van der Waals surface area contributed by atoms with Crippen LogP contribution in [0.25, 0.3) is 0 Å². The number of carbonyl (C=O) groups is 3. The third kappa shape index (κ3) is 11.1. The van der Waals surface area contributed by atoms with Gasteiger partial charge in [-0.15, -0.1) is 11.3 Å². The van der Waals surface area contributed by atoms with Crippen molar-refractivity contribution in [2.45, 2.75) is 57.7 Å². The molecule has 4 N–H and O–H groups in total. The highest BCUT2D eigenvalue weighted by Crippen LogP contribution is 2.22. The Bertz CT molecular complexity index is 1490. The number of rotatable bonds is 16. The number of thiazole rings is 1. The Balaban J connectivity index is 1.50. The van der Waals surface area contributed by atoms with Crippen LogP contribution in [0.1, 0.15) is 41.6 Å². The standard InChI is InChI=1S/C35H40N4O6S/c1-24(2)22-44-33(32(42)37-28(20-25-12-6-3-7-13-25)30(40)34-36-18-19-46-34)39-31(41)29(21-26-14-8-4-9-15-26)38-35(43)45-23-27-16-10-5-11-17-27/h3-19,24,28-30,33,40H,20-23H2,1-2H3,(H,37,42)(H,38,43)(H,39,41)/t28?,29-,30+,33-/m0/s1. The van der Waals surface area contributed by atoms with Crippen molar-refractivity contribution >= 4 is 29.2 Å². The first kappa shape index (κ1) is 34.3. The number of nitrogens with one attached hydrogen (secondary N) is 3. The van der Waals surface area contributed by atoms with E-state index in [2.05, 4.69) is 20.9 Å². The molecule has 3 aromatic carbocycles. The molecule has 0 aliphatic rings. The van der Waals surface area contributed by atoms with Gasteiger partial charge in [0, 0.05) is 18.0 Å². The molecule has 1 aromatic heterocycles. The molecular weight excluding hydrogens is 604 g/mol. The first-order valence-corrected chi connectivity index (χ1v) is 16.0. The largest absolute Gasteiger partial charge is 0.445 e. The average Bonchev–Trinajstić information content (AvgIpc) is 3.61. The van der Waals surface area contributed by atoms with Gasteiger partial charge >= 0.3 is 6.09 Å². The predicted molar refractivity (Wildman–Crippen MR) is 176 cm³/mol. The third-order valence-electron chi connectivity index (χ3n) is 6.92. The first-order chi connectivity index (χ1) is 22.3. The predicted octanol–water partition coefficient (Wildman–Crippen LogP) is 4.56. The maximum Gasteiger partial charge on any atom is 0.408 e. The van der Waals surface area contributed by atoms with Crippen molar-refractivity contribution in [2.24, 2.45) is 5.92 Å². The zero-order valence-corrected chi connectivity index (χ0v) is 26.7. The van der Waals surface area contributed by atoms with E-state index in [0.717, 1.165) is 16.7 Å². The van der Waals surface area contributed by atoms with Gasteiger partial charge < -0.3 is 30.5 Å². The normalized spacial score (nSPS) is 13.7. The summed E-state index contributed by atoms with van der Waals surface area (Å²) in [6.45, 7) is 4.04. The van der Waals surface area contributed by atoms with E-state index in [-0.39, 0.29) is 25.6 Å². The zero-order valence-electron chi connectivity index (χ0n) is 25.9. The van der Waals surface area contributed by atoms with E-state index in [4.69, 9.17) is 9.47 Å². The fourth-order valence-corrected chi connectivity index (χ4v) is 5.27. The fraction of sp³-hybridized carbons (Fsp3) is 0.314. The number of aliphatic hydroxyl groups is 1. The van der Waals surface area contributed by atoms with E-state index in [1.807, 2.05) is 105 Å². The molecule has 0 bridgehead atoms. The van der Waals surface area contributed by atoms with E-state index < -0.39 is 42.3 Å². The van der Waals surface area contributed by atoms with Crippen LogP contribution in [0.3, 0.4) is 0 Å². The molecule has 3 amide bonds. The van der Waals surface area contributed by atoms with E-state index in [1.54, 1.807) is 11.6 Å². The van der Waals surface area contributed by atoms with Gasteiger partial charge in [-0.05, 0) is 29.0 Å². The van der Waals surface area contributed by atoms with Gasteiger partial charge in [-0.3, -0.25) is 9.59 Å². The minimum absolute atomic E-state index is 0.0269. The number of amides is 3. The lowest BCUT2D eigenvalue weighted by Gasteiger charge is -2.28.